The maximum atomic E-state index is 11.7. The van der Waals surface area contributed by atoms with Gasteiger partial charge in [-0.25, -0.2) is 9.59 Å². The molecule has 1 aromatic rings. The number of hydrogen-bond donors (Lipinski definition) is 3. The van der Waals surface area contributed by atoms with Crippen molar-refractivity contribution in [2.45, 2.75) is 39.3 Å². The SMILES string of the molecule is C[C@@H](NC(=O)OC(C)(C)C)C(=O)On1c(O)ccc1O. The van der Waals surface area contributed by atoms with Crippen LogP contribution in [0.2, 0.25) is 0 Å². The molecule has 1 amide bonds. The van der Waals surface area contributed by atoms with Crippen LogP contribution in [0.3, 0.4) is 0 Å². The first-order valence-corrected chi connectivity index (χ1v) is 5.91. The Bertz CT molecular complexity index is 483. The van der Waals surface area contributed by atoms with E-state index in [0.29, 0.717) is 4.73 Å². The van der Waals surface area contributed by atoms with E-state index in [9.17, 15) is 19.8 Å². The van der Waals surface area contributed by atoms with Gasteiger partial charge in [-0.15, -0.1) is 4.73 Å². The normalized spacial score (nSPS) is 12.6. The molecule has 0 bridgehead atoms. The van der Waals surface area contributed by atoms with E-state index in [-0.39, 0.29) is 0 Å². The van der Waals surface area contributed by atoms with Crippen molar-refractivity contribution in [3.05, 3.63) is 12.1 Å². The topological polar surface area (TPSA) is 110 Å². The number of nitrogens with one attached hydrogen (secondary N) is 1. The maximum Gasteiger partial charge on any atom is 0.408 e. The molecule has 1 atom stereocenters. The third-order valence-corrected chi connectivity index (χ3v) is 2.07. The summed E-state index contributed by atoms with van der Waals surface area (Å²) in [6, 6.07) is 1.27. The van der Waals surface area contributed by atoms with Crippen molar-refractivity contribution in [3.8, 4) is 11.8 Å². The Morgan fingerprint density at radius 3 is 2.20 bits per heavy atom. The molecule has 8 nitrogen and oxygen atoms in total. The Morgan fingerprint density at radius 2 is 1.75 bits per heavy atom. The second-order valence-electron chi connectivity index (χ2n) is 5.12. The van der Waals surface area contributed by atoms with Gasteiger partial charge in [-0.2, -0.15) is 0 Å². The van der Waals surface area contributed by atoms with Gasteiger partial charge in [0.1, 0.15) is 11.6 Å². The van der Waals surface area contributed by atoms with Crippen molar-refractivity contribution in [2.24, 2.45) is 0 Å². The van der Waals surface area contributed by atoms with Gasteiger partial charge in [0.2, 0.25) is 11.8 Å². The molecule has 0 aliphatic carbocycles. The summed E-state index contributed by atoms with van der Waals surface area (Å²) >= 11 is 0. The van der Waals surface area contributed by atoms with E-state index < -0.39 is 35.5 Å². The van der Waals surface area contributed by atoms with Gasteiger partial charge in [-0.05, 0) is 27.7 Å². The molecular weight excluding hydrogens is 268 g/mol. The van der Waals surface area contributed by atoms with Gasteiger partial charge >= 0.3 is 12.1 Å². The van der Waals surface area contributed by atoms with Crippen molar-refractivity contribution in [2.75, 3.05) is 0 Å². The molecule has 0 aliphatic heterocycles. The molecule has 0 unspecified atom stereocenters. The molecule has 0 aromatic carbocycles. The van der Waals surface area contributed by atoms with Crippen LogP contribution in [-0.2, 0) is 9.53 Å². The molecule has 1 aromatic heterocycles. The Hall–Kier alpha value is -2.38. The van der Waals surface area contributed by atoms with Crippen LogP contribution in [0.5, 0.6) is 11.8 Å². The molecule has 1 heterocycles. The second kappa shape index (κ2) is 5.72. The summed E-state index contributed by atoms with van der Waals surface area (Å²) in [5, 5.41) is 20.9. The number of nitrogens with zero attached hydrogens (tertiary/aromatic N) is 1. The summed E-state index contributed by atoms with van der Waals surface area (Å²) in [4.78, 5) is 27.9. The average Bonchev–Trinajstić information content (AvgIpc) is 2.57. The molecular formula is C12H18N2O6. The molecule has 0 saturated heterocycles. The highest BCUT2D eigenvalue weighted by Gasteiger charge is 2.23. The third-order valence-electron chi connectivity index (χ3n) is 2.07. The average molecular weight is 286 g/mol. The van der Waals surface area contributed by atoms with E-state index >= 15 is 0 Å². The Morgan fingerprint density at radius 1 is 1.25 bits per heavy atom. The first kappa shape index (κ1) is 15.7. The number of amides is 1. The minimum Gasteiger partial charge on any atom is -0.492 e. The monoisotopic (exact) mass is 286 g/mol. The van der Waals surface area contributed by atoms with Crippen molar-refractivity contribution in [1.82, 2.24) is 10.0 Å². The van der Waals surface area contributed by atoms with E-state index in [1.54, 1.807) is 20.8 Å². The van der Waals surface area contributed by atoms with Crippen molar-refractivity contribution < 1.29 is 29.4 Å². The lowest BCUT2D eigenvalue weighted by Crippen LogP contribution is -2.44. The van der Waals surface area contributed by atoms with Gasteiger partial charge in [-0.1, -0.05) is 0 Å². The molecule has 3 N–H and O–H groups in total. The lowest BCUT2D eigenvalue weighted by atomic mass is 10.2. The quantitative estimate of drug-likeness (QED) is 0.757. The predicted octanol–water partition coefficient (Wildman–Crippen LogP) is 0.768. The van der Waals surface area contributed by atoms with Crippen LogP contribution >= 0.6 is 0 Å². The molecule has 0 radical (unpaired) electrons. The van der Waals surface area contributed by atoms with Crippen molar-refractivity contribution in [3.63, 3.8) is 0 Å². The molecule has 0 saturated carbocycles. The lowest BCUT2D eigenvalue weighted by Gasteiger charge is -2.21. The minimum atomic E-state index is -1.02. The van der Waals surface area contributed by atoms with Gasteiger partial charge in [-0.3, -0.25) is 0 Å². The van der Waals surface area contributed by atoms with E-state index in [0.717, 1.165) is 12.1 Å². The Balaban J connectivity index is 2.58. The summed E-state index contributed by atoms with van der Waals surface area (Å²) in [6.45, 7) is 6.44. The standard InChI is InChI=1S/C12H18N2O6/c1-7(13-11(18)19-12(2,3)4)10(17)20-14-8(15)5-6-9(14)16/h5-7,15-16H,1-4H3,(H,13,18)/t7-/m1/s1. The van der Waals surface area contributed by atoms with E-state index in [2.05, 4.69) is 5.32 Å². The number of carbonyl (C=O) groups excluding carboxylic acids is 2. The number of aromatic nitrogens is 1. The number of hydrogen-bond acceptors (Lipinski definition) is 6. The number of alkyl carbamates (subject to hydrolysis) is 1. The Kier molecular flexibility index (Phi) is 4.49. The summed E-state index contributed by atoms with van der Waals surface area (Å²) in [5.74, 6) is -1.77. The maximum absolute atomic E-state index is 11.7. The highest BCUT2D eigenvalue weighted by molar-refractivity contribution is 5.81. The highest BCUT2D eigenvalue weighted by atomic mass is 16.7. The van der Waals surface area contributed by atoms with E-state index in [4.69, 9.17) is 9.57 Å². The number of rotatable bonds is 3. The molecule has 0 aliphatic rings. The number of carbonyl (C=O) groups is 2. The van der Waals surface area contributed by atoms with Gasteiger partial charge in [0.25, 0.3) is 0 Å². The van der Waals surface area contributed by atoms with Gasteiger partial charge in [0.05, 0.1) is 0 Å². The van der Waals surface area contributed by atoms with Crippen LogP contribution in [0.4, 0.5) is 4.79 Å². The van der Waals surface area contributed by atoms with E-state index in [1.807, 2.05) is 0 Å². The highest BCUT2D eigenvalue weighted by Crippen LogP contribution is 2.18. The molecule has 0 spiro atoms. The van der Waals surface area contributed by atoms with Crippen molar-refractivity contribution in [1.29, 1.82) is 0 Å². The van der Waals surface area contributed by atoms with Crippen LogP contribution < -0.4 is 10.2 Å². The Labute approximate surface area is 115 Å². The largest absolute Gasteiger partial charge is 0.492 e. The first-order chi connectivity index (χ1) is 9.10. The summed E-state index contributed by atoms with van der Waals surface area (Å²) < 4.78 is 5.52. The summed E-state index contributed by atoms with van der Waals surface area (Å²) in [5.41, 5.74) is -0.690. The van der Waals surface area contributed by atoms with Crippen LogP contribution in [0, 0.1) is 0 Å². The second-order valence-corrected chi connectivity index (χ2v) is 5.12. The number of ether oxygens (including phenoxy) is 1. The third kappa shape index (κ3) is 4.38. The van der Waals surface area contributed by atoms with Crippen molar-refractivity contribution >= 4 is 12.1 Å². The zero-order valence-corrected chi connectivity index (χ0v) is 11.7. The zero-order valence-electron chi connectivity index (χ0n) is 11.7. The van der Waals surface area contributed by atoms with Gasteiger partial charge in [0.15, 0.2) is 0 Å². The summed E-state index contributed by atoms with van der Waals surface area (Å²) in [7, 11) is 0. The molecule has 20 heavy (non-hydrogen) atoms. The summed E-state index contributed by atoms with van der Waals surface area (Å²) in [6.07, 6.45) is -0.775. The smallest absolute Gasteiger partial charge is 0.408 e. The van der Waals surface area contributed by atoms with Gasteiger partial charge < -0.3 is 25.1 Å². The minimum absolute atomic E-state index is 0.444. The van der Waals surface area contributed by atoms with Gasteiger partial charge in [0, 0.05) is 12.1 Å². The molecule has 112 valence electrons. The first-order valence-electron chi connectivity index (χ1n) is 5.91. The molecule has 1 rings (SSSR count). The lowest BCUT2D eigenvalue weighted by molar-refractivity contribution is -0.147. The fraction of sp³-hybridized carbons (Fsp3) is 0.500. The van der Waals surface area contributed by atoms with Crippen LogP contribution in [-0.4, -0.2) is 38.6 Å². The van der Waals surface area contributed by atoms with E-state index in [1.165, 1.54) is 6.92 Å². The van der Waals surface area contributed by atoms with Crippen LogP contribution in [0.1, 0.15) is 27.7 Å². The van der Waals surface area contributed by atoms with Crippen LogP contribution in [0.15, 0.2) is 12.1 Å². The van der Waals surface area contributed by atoms with Crippen LogP contribution in [0.25, 0.3) is 0 Å². The molecule has 8 heteroatoms. The fourth-order valence-corrected chi connectivity index (χ4v) is 1.21. The fourth-order valence-electron chi connectivity index (χ4n) is 1.21. The molecule has 0 fully saturated rings. The number of aromatic hydroxyl groups is 2. The predicted molar refractivity (Wildman–Crippen MR) is 68.2 cm³/mol. The zero-order chi connectivity index (χ0) is 15.5.